The molecule has 2 aromatic carbocycles. The van der Waals surface area contributed by atoms with E-state index in [0.717, 1.165) is 6.08 Å². The molecule has 6 nitrogen and oxygen atoms in total. The third-order valence-corrected chi connectivity index (χ3v) is 4.81. The molecule has 2 rings (SSSR count). The zero-order valence-corrected chi connectivity index (χ0v) is 15.5. The highest BCUT2D eigenvalue weighted by atomic mass is 32.2. The number of benzene rings is 2. The Morgan fingerprint density at radius 3 is 2.36 bits per heavy atom. The van der Waals surface area contributed by atoms with Crippen molar-refractivity contribution in [3.63, 3.8) is 0 Å². The van der Waals surface area contributed by atoms with Crippen LogP contribution < -0.4 is 14.8 Å². The summed E-state index contributed by atoms with van der Waals surface area (Å²) in [6.07, 6.45) is -2.29. The number of hydrogen-bond acceptors (Lipinski definition) is 4. The van der Waals surface area contributed by atoms with Gasteiger partial charge in [0.1, 0.15) is 12.3 Å². The minimum atomic E-state index is -4.49. The van der Waals surface area contributed by atoms with Crippen LogP contribution in [0.15, 0.2) is 59.5 Å². The van der Waals surface area contributed by atoms with Gasteiger partial charge in [-0.3, -0.25) is 9.52 Å². The number of nitrogens with one attached hydrogen (secondary N) is 2. The zero-order chi connectivity index (χ0) is 20.8. The lowest BCUT2D eigenvalue weighted by Gasteiger charge is -2.11. The number of alkyl halides is 3. The highest BCUT2D eigenvalue weighted by Gasteiger charge is 2.27. The maximum absolute atomic E-state index is 12.5. The van der Waals surface area contributed by atoms with Crippen LogP contribution >= 0.6 is 0 Å². The summed E-state index contributed by atoms with van der Waals surface area (Å²) in [6.45, 7) is -1.43. The molecule has 0 aliphatic rings. The van der Waals surface area contributed by atoms with E-state index in [1.165, 1.54) is 37.5 Å². The van der Waals surface area contributed by atoms with Crippen LogP contribution in [0.25, 0.3) is 6.08 Å². The van der Waals surface area contributed by atoms with Crippen LogP contribution in [-0.4, -0.2) is 34.2 Å². The molecule has 0 aromatic heterocycles. The van der Waals surface area contributed by atoms with Gasteiger partial charge in [-0.2, -0.15) is 13.2 Å². The van der Waals surface area contributed by atoms with E-state index in [0.29, 0.717) is 11.3 Å². The average Bonchev–Trinajstić information content (AvgIpc) is 2.64. The van der Waals surface area contributed by atoms with Crippen molar-refractivity contribution in [3.8, 4) is 5.75 Å². The van der Waals surface area contributed by atoms with Crippen molar-refractivity contribution in [2.75, 3.05) is 18.4 Å². The number of rotatable bonds is 7. The van der Waals surface area contributed by atoms with Gasteiger partial charge < -0.3 is 10.1 Å². The van der Waals surface area contributed by atoms with Crippen LogP contribution in [0.3, 0.4) is 0 Å². The van der Waals surface area contributed by atoms with Crippen molar-refractivity contribution in [3.05, 3.63) is 60.2 Å². The van der Waals surface area contributed by atoms with Crippen molar-refractivity contribution in [2.24, 2.45) is 0 Å². The molecular weight excluding hydrogens is 397 g/mol. The Bertz CT molecular complexity index is 956. The first-order valence-corrected chi connectivity index (χ1v) is 9.37. The number of ether oxygens (including phenoxy) is 1. The lowest BCUT2D eigenvalue weighted by atomic mass is 10.2. The molecule has 2 N–H and O–H groups in total. The molecule has 10 heteroatoms. The predicted octanol–water partition coefficient (Wildman–Crippen LogP) is 3.19. The van der Waals surface area contributed by atoms with Crippen LogP contribution in [0.5, 0.6) is 5.75 Å². The van der Waals surface area contributed by atoms with E-state index in [1.54, 1.807) is 29.6 Å². The molecule has 1 amide bonds. The van der Waals surface area contributed by atoms with E-state index in [9.17, 15) is 26.4 Å². The van der Waals surface area contributed by atoms with Gasteiger partial charge in [0, 0.05) is 6.08 Å². The molecule has 0 aliphatic heterocycles. The van der Waals surface area contributed by atoms with E-state index in [2.05, 4.69) is 4.72 Å². The Labute approximate surface area is 160 Å². The lowest BCUT2D eigenvalue weighted by Crippen LogP contribution is -2.32. The molecule has 0 atom stereocenters. The van der Waals surface area contributed by atoms with Gasteiger partial charge in [-0.15, -0.1) is 0 Å². The molecule has 0 radical (unpaired) electrons. The molecule has 150 valence electrons. The number of carbonyl (C=O) groups excluding carboxylic acids is 1. The van der Waals surface area contributed by atoms with Gasteiger partial charge in [0.05, 0.1) is 17.7 Å². The SMILES string of the molecule is COc1ccccc1NS(=O)(=O)c1ccc(/C=C/C(=O)NCC(F)(F)F)cc1. The quantitative estimate of drug-likeness (QED) is 0.682. The maximum atomic E-state index is 12.5. The largest absolute Gasteiger partial charge is 0.495 e. The molecule has 0 saturated heterocycles. The number of anilines is 1. The second-order valence-electron chi connectivity index (χ2n) is 5.54. The Morgan fingerprint density at radius 2 is 1.75 bits per heavy atom. The molecular formula is C18H17F3N2O4S. The fourth-order valence-corrected chi connectivity index (χ4v) is 3.18. The standard InChI is InChI=1S/C18H17F3N2O4S/c1-27-16-5-3-2-4-15(16)23-28(25,26)14-9-6-13(7-10-14)8-11-17(24)22-12-18(19,20)21/h2-11,23H,12H2,1H3,(H,22,24)/b11-8+. The number of amides is 1. The first kappa shape index (κ1) is 21.3. The van der Waals surface area contributed by atoms with Crippen LogP contribution in [0.4, 0.5) is 18.9 Å². The Kier molecular flexibility index (Phi) is 6.68. The Hall–Kier alpha value is -3.01. The molecule has 0 fully saturated rings. The van der Waals surface area contributed by atoms with Gasteiger partial charge in [-0.05, 0) is 35.9 Å². The number of halogens is 3. The van der Waals surface area contributed by atoms with E-state index in [1.807, 2.05) is 0 Å². The number of para-hydroxylation sites is 2. The first-order chi connectivity index (χ1) is 13.1. The van der Waals surface area contributed by atoms with Crippen molar-refractivity contribution < 1.29 is 31.1 Å². The highest BCUT2D eigenvalue weighted by Crippen LogP contribution is 2.26. The van der Waals surface area contributed by atoms with Gasteiger partial charge >= 0.3 is 6.18 Å². The summed E-state index contributed by atoms with van der Waals surface area (Å²) in [5.74, 6) is -0.553. The number of methoxy groups -OCH3 is 1. The Morgan fingerprint density at radius 1 is 1.11 bits per heavy atom. The van der Waals surface area contributed by atoms with E-state index in [-0.39, 0.29) is 10.6 Å². The smallest absolute Gasteiger partial charge is 0.405 e. The van der Waals surface area contributed by atoms with Crippen LogP contribution in [0.1, 0.15) is 5.56 Å². The van der Waals surface area contributed by atoms with Crippen LogP contribution in [0.2, 0.25) is 0 Å². The molecule has 0 aliphatic carbocycles. The summed E-state index contributed by atoms with van der Waals surface area (Å²) in [6, 6.07) is 12.0. The molecule has 28 heavy (non-hydrogen) atoms. The second kappa shape index (κ2) is 8.79. The topological polar surface area (TPSA) is 84.5 Å². The summed E-state index contributed by atoms with van der Waals surface area (Å²) < 4.78 is 68.5. The van der Waals surface area contributed by atoms with Gasteiger partial charge in [-0.1, -0.05) is 24.3 Å². The van der Waals surface area contributed by atoms with Gasteiger partial charge in [-0.25, -0.2) is 8.42 Å². The summed E-state index contributed by atoms with van der Waals surface area (Å²) in [7, 11) is -2.46. The van der Waals surface area contributed by atoms with E-state index >= 15 is 0 Å². The fraction of sp³-hybridized carbons (Fsp3) is 0.167. The van der Waals surface area contributed by atoms with Gasteiger partial charge in [0.15, 0.2) is 0 Å². The molecule has 0 bridgehead atoms. The highest BCUT2D eigenvalue weighted by molar-refractivity contribution is 7.92. The minimum absolute atomic E-state index is 0.0305. The molecule has 0 saturated carbocycles. The van der Waals surface area contributed by atoms with Crippen LogP contribution in [0, 0.1) is 0 Å². The monoisotopic (exact) mass is 414 g/mol. The second-order valence-corrected chi connectivity index (χ2v) is 7.22. The number of carbonyl (C=O) groups is 1. The summed E-state index contributed by atoms with van der Waals surface area (Å²) in [4.78, 5) is 11.3. The fourth-order valence-electron chi connectivity index (χ4n) is 2.11. The predicted molar refractivity (Wildman–Crippen MR) is 98.3 cm³/mol. The van der Waals surface area contributed by atoms with Crippen molar-refractivity contribution >= 4 is 27.7 Å². The molecule has 0 heterocycles. The lowest BCUT2D eigenvalue weighted by molar-refractivity contribution is -0.135. The maximum Gasteiger partial charge on any atom is 0.405 e. The third-order valence-electron chi connectivity index (χ3n) is 3.43. The molecule has 0 spiro atoms. The normalized spacial score (nSPS) is 12.0. The first-order valence-electron chi connectivity index (χ1n) is 7.89. The van der Waals surface area contributed by atoms with E-state index < -0.39 is 28.7 Å². The van der Waals surface area contributed by atoms with Crippen molar-refractivity contribution in [1.29, 1.82) is 0 Å². The molecule has 2 aromatic rings. The number of sulfonamides is 1. The third kappa shape index (κ3) is 6.31. The molecule has 0 unspecified atom stereocenters. The summed E-state index contributed by atoms with van der Waals surface area (Å²) >= 11 is 0. The zero-order valence-electron chi connectivity index (χ0n) is 14.7. The van der Waals surface area contributed by atoms with Crippen molar-refractivity contribution in [2.45, 2.75) is 11.1 Å². The van der Waals surface area contributed by atoms with Crippen molar-refractivity contribution in [1.82, 2.24) is 5.32 Å². The summed E-state index contributed by atoms with van der Waals surface area (Å²) in [5.41, 5.74) is 0.716. The summed E-state index contributed by atoms with van der Waals surface area (Å²) in [5, 5.41) is 1.70. The Balaban J connectivity index is 2.07. The average molecular weight is 414 g/mol. The van der Waals surface area contributed by atoms with Gasteiger partial charge in [0.25, 0.3) is 10.0 Å². The minimum Gasteiger partial charge on any atom is -0.495 e. The van der Waals surface area contributed by atoms with Crippen LogP contribution in [-0.2, 0) is 14.8 Å². The van der Waals surface area contributed by atoms with Gasteiger partial charge in [0.2, 0.25) is 5.91 Å². The van der Waals surface area contributed by atoms with E-state index in [4.69, 9.17) is 4.74 Å². The number of hydrogen-bond donors (Lipinski definition) is 2.